The van der Waals surface area contributed by atoms with E-state index in [1.54, 1.807) is 0 Å². The van der Waals surface area contributed by atoms with E-state index in [9.17, 15) is 4.79 Å². The van der Waals surface area contributed by atoms with E-state index in [1.807, 2.05) is 6.07 Å². The number of benzene rings is 1. The molecule has 1 amide bonds. The van der Waals surface area contributed by atoms with Gasteiger partial charge in [-0.25, -0.2) is 0 Å². The zero-order valence-corrected chi connectivity index (χ0v) is 12.0. The third kappa shape index (κ3) is 2.46. The Labute approximate surface area is 116 Å². The highest BCUT2D eigenvalue weighted by molar-refractivity contribution is 9.10. The molecule has 96 valence electrons. The summed E-state index contributed by atoms with van der Waals surface area (Å²) >= 11 is 3.50. The highest BCUT2D eigenvalue weighted by Crippen LogP contribution is 2.49. The second kappa shape index (κ2) is 5.04. The molecule has 0 unspecified atom stereocenters. The Morgan fingerprint density at radius 1 is 1.22 bits per heavy atom. The van der Waals surface area contributed by atoms with Crippen LogP contribution >= 0.6 is 15.9 Å². The lowest BCUT2D eigenvalue weighted by atomic mass is 10.1. The van der Waals surface area contributed by atoms with E-state index in [4.69, 9.17) is 0 Å². The molecule has 18 heavy (non-hydrogen) atoms. The maximum atomic E-state index is 12.3. The molecule has 3 heteroatoms. The summed E-state index contributed by atoms with van der Waals surface area (Å²) in [5.74, 6) is 1.09. The summed E-state index contributed by atoms with van der Waals surface area (Å²) in [5.41, 5.74) is 1.31. The van der Waals surface area contributed by atoms with Crippen LogP contribution in [0.1, 0.15) is 37.2 Å². The summed E-state index contributed by atoms with van der Waals surface area (Å²) in [6.45, 7) is 1.95. The topological polar surface area (TPSA) is 20.3 Å². The molecule has 1 heterocycles. The molecule has 2 fully saturated rings. The van der Waals surface area contributed by atoms with Crippen LogP contribution in [0.2, 0.25) is 0 Å². The number of carbonyl (C=O) groups excluding carboxylic acids is 1. The molecule has 1 aliphatic carbocycles. The zero-order valence-electron chi connectivity index (χ0n) is 10.4. The van der Waals surface area contributed by atoms with E-state index in [0.717, 1.165) is 24.0 Å². The number of piperidine rings is 1. The second-order valence-electron chi connectivity index (χ2n) is 5.39. The zero-order chi connectivity index (χ0) is 12.5. The SMILES string of the molecule is O=C([C@@H]1C[C@H]1c1cccc(Br)c1)N1CCCCC1. The minimum absolute atomic E-state index is 0.248. The summed E-state index contributed by atoms with van der Waals surface area (Å²) in [4.78, 5) is 14.4. The summed E-state index contributed by atoms with van der Waals surface area (Å²) in [5, 5.41) is 0. The van der Waals surface area contributed by atoms with Gasteiger partial charge in [0.25, 0.3) is 0 Å². The summed E-state index contributed by atoms with van der Waals surface area (Å²) in [6, 6.07) is 8.38. The molecule has 0 radical (unpaired) electrons. The first-order valence-corrected chi connectivity index (χ1v) is 7.59. The van der Waals surface area contributed by atoms with Gasteiger partial charge in [-0.05, 0) is 49.3 Å². The first kappa shape index (κ1) is 12.2. The van der Waals surface area contributed by atoms with Crippen molar-refractivity contribution < 1.29 is 4.79 Å². The van der Waals surface area contributed by atoms with E-state index in [0.29, 0.717) is 11.8 Å². The Balaban J connectivity index is 1.64. The fourth-order valence-corrected chi connectivity index (χ4v) is 3.34. The van der Waals surface area contributed by atoms with Crippen LogP contribution in [-0.2, 0) is 4.79 Å². The molecule has 3 rings (SSSR count). The number of carbonyl (C=O) groups is 1. The fraction of sp³-hybridized carbons (Fsp3) is 0.533. The van der Waals surface area contributed by atoms with Crippen LogP contribution in [0.5, 0.6) is 0 Å². The van der Waals surface area contributed by atoms with Crippen LogP contribution in [-0.4, -0.2) is 23.9 Å². The van der Waals surface area contributed by atoms with Crippen LogP contribution in [0.3, 0.4) is 0 Å². The summed E-state index contributed by atoms with van der Waals surface area (Å²) < 4.78 is 1.11. The van der Waals surface area contributed by atoms with Gasteiger partial charge >= 0.3 is 0 Å². The third-order valence-corrected chi connectivity index (χ3v) is 4.55. The van der Waals surface area contributed by atoms with E-state index in [2.05, 4.69) is 39.0 Å². The Hall–Kier alpha value is -0.830. The van der Waals surface area contributed by atoms with Crippen molar-refractivity contribution in [3.8, 4) is 0 Å². The van der Waals surface area contributed by atoms with Crippen molar-refractivity contribution >= 4 is 21.8 Å². The second-order valence-corrected chi connectivity index (χ2v) is 6.31. The molecule has 1 aromatic carbocycles. The van der Waals surface area contributed by atoms with Crippen molar-refractivity contribution in [2.75, 3.05) is 13.1 Å². The van der Waals surface area contributed by atoms with E-state index < -0.39 is 0 Å². The number of likely N-dealkylation sites (tertiary alicyclic amines) is 1. The van der Waals surface area contributed by atoms with Crippen molar-refractivity contribution in [1.29, 1.82) is 0 Å². The average Bonchev–Trinajstić information content (AvgIpc) is 3.19. The molecular formula is C15H18BrNO. The van der Waals surface area contributed by atoms with E-state index in [-0.39, 0.29) is 5.92 Å². The standard InChI is InChI=1S/C15H18BrNO/c16-12-6-4-5-11(9-12)13-10-14(13)15(18)17-7-2-1-3-8-17/h4-6,9,13-14H,1-3,7-8,10H2/t13-,14+/m0/s1. The Bertz CT molecular complexity index is 454. The molecule has 1 aliphatic heterocycles. The van der Waals surface area contributed by atoms with E-state index in [1.165, 1.54) is 24.8 Å². The summed E-state index contributed by atoms with van der Waals surface area (Å²) in [7, 11) is 0. The monoisotopic (exact) mass is 307 g/mol. The Morgan fingerprint density at radius 2 is 2.00 bits per heavy atom. The lowest BCUT2D eigenvalue weighted by Crippen LogP contribution is -2.36. The highest BCUT2D eigenvalue weighted by atomic mass is 79.9. The molecule has 0 spiro atoms. The van der Waals surface area contributed by atoms with Gasteiger partial charge in [0.2, 0.25) is 5.91 Å². The number of hydrogen-bond donors (Lipinski definition) is 0. The van der Waals surface area contributed by atoms with Gasteiger partial charge in [-0.2, -0.15) is 0 Å². The molecule has 2 atom stereocenters. The third-order valence-electron chi connectivity index (χ3n) is 4.05. The maximum Gasteiger partial charge on any atom is 0.226 e. The first-order valence-electron chi connectivity index (χ1n) is 6.80. The Morgan fingerprint density at radius 3 is 2.72 bits per heavy atom. The number of hydrogen-bond acceptors (Lipinski definition) is 1. The van der Waals surface area contributed by atoms with Gasteiger partial charge in [0, 0.05) is 23.5 Å². The number of nitrogens with zero attached hydrogens (tertiary/aromatic N) is 1. The van der Waals surface area contributed by atoms with Gasteiger partial charge in [0.05, 0.1) is 0 Å². The predicted molar refractivity (Wildman–Crippen MR) is 75.4 cm³/mol. The largest absolute Gasteiger partial charge is 0.342 e. The molecule has 1 saturated heterocycles. The lowest BCUT2D eigenvalue weighted by molar-refractivity contribution is -0.133. The first-order chi connectivity index (χ1) is 8.75. The number of amides is 1. The molecule has 2 nitrogen and oxygen atoms in total. The minimum atomic E-state index is 0.248. The smallest absolute Gasteiger partial charge is 0.226 e. The highest BCUT2D eigenvalue weighted by Gasteiger charge is 2.45. The minimum Gasteiger partial charge on any atom is -0.342 e. The molecule has 0 N–H and O–H groups in total. The quantitative estimate of drug-likeness (QED) is 0.818. The molecule has 1 aromatic rings. The number of rotatable bonds is 2. The van der Waals surface area contributed by atoms with E-state index >= 15 is 0 Å². The van der Waals surface area contributed by atoms with Crippen molar-refractivity contribution in [1.82, 2.24) is 4.90 Å². The van der Waals surface area contributed by atoms with Crippen molar-refractivity contribution in [3.05, 3.63) is 34.3 Å². The van der Waals surface area contributed by atoms with Crippen LogP contribution < -0.4 is 0 Å². The van der Waals surface area contributed by atoms with Crippen LogP contribution in [0.25, 0.3) is 0 Å². The van der Waals surface area contributed by atoms with Gasteiger partial charge < -0.3 is 4.90 Å². The van der Waals surface area contributed by atoms with Gasteiger partial charge in [0.1, 0.15) is 0 Å². The average molecular weight is 308 g/mol. The maximum absolute atomic E-state index is 12.3. The van der Waals surface area contributed by atoms with Crippen LogP contribution in [0.4, 0.5) is 0 Å². The van der Waals surface area contributed by atoms with Crippen LogP contribution in [0.15, 0.2) is 28.7 Å². The molecule has 0 bridgehead atoms. The molecular weight excluding hydrogens is 290 g/mol. The molecule has 0 aromatic heterocycles. The van der Waals surface area contributed by atoms with Crippen molar-refractivity contribution in [3.63, 3.8) is 0 Å². The van der Waals surface area contributed by atoms with Gasteiger partial charge in [-0.1, -0.05) is 28.1 Å². The number of halogens is 1. The van der Waals surface area contributed by atoms with Crippen molar-refractivity contribution in [2.24, 2.45) is 5.92 Å². The van der Waals surface area contributed by atoms with Crippen molar-refractivity contribution in [2.45, 2.75) is 31.6 Å². The fourth-order valence-electron chi connectivity index (χ4n) is 2.92. The lowest BCUT2D eigenvalue weighted by Gasteiger charge is -2.26. The predicted octanol–water partition coefficient (Wildman–Crippen LogP) is 3.57. The van der Waals surface area contributed by atoms with Crippen LogP contribution in [0, 0.1) is 5.92 Å². The summed E-state index contributed by atoms with van der Waals surface area (Å²) in [6.07, 6.45) is 4.68. The molecule has 1 saturated carbocycles. The molecule has 2 aliphatic rings. The van der Waals surface area contributed by atoms with Gasteiger partial charge in [-0.3, -0.25) is 4.79 Å². The van der Waals surface area contributed by atoms with Gasteiger partial charge in [0.15, 0.2) is 0 Å². The normalized spacial score (nSPS) is 27.1. The Kier molecular flexibility index (Phi) is 3.42. The van der Waals surface area contributed by atoms with Gasteiger partial charge in [-0.15, -0.1) is 0 Å².